The first-order chi connectivity index (χ1) is 16.5. The number of imidazole rings is 1. The maximum Gasteiger partial charge on any atom is 0.152 e. The van der Waals surface area contributed by atoms with Gasteiger partial charge in [-0.05, 0) is 60.9 Å². The van der Waals surface area contributed by atoms with Gasteiger partial charge in [0.1, 0.15) is 5.82 Å². The van der Waals surface area contributed by atoms with E-state index in [4.69, 9.17) is 16.6 Å². The lowest BCUT2D eigenvalue weighted by Gasteiger charge is -2.25. The van der Waals surface area contributed by atoms with Crippen LogP contribution < -0.4 is 0 Å². The molecule has 2 aromatic carbocycles. The Morgan fingerprint density at radius 3 is 2.71 bits per heavy atom. The molecule has 0 saturated heterocycles. The van der Waals surface area contributed by atoms with Gasteiger partial charge in [0, 0.05) is 25.2 Å². The van der Waals surface area contributed by atoms with Gasteiger partial charge in [-0.3, -0.25) is 4.90 Å². The van der Waals surface area contributed by atoms with Crippen molar-refractivity contribution in [3.63, 3.8) is 0 Å². The summed E-state index contributed by atoms with van der Waals surface area (Å²) >= 11 is 6.85. The number of rotatable bonds is 11. The Bertz CT molecular complexity index is 1140. The van der Waals surface area contributed by atoms with Crippen molar-refractivity contribution >= 4 is 17.7 Å². The van der Waals surface area contributed by atoms with Gasteiger partial charge in [-0.2, -0.15) is 0 Å². The van der Waals surface area contributed by atoms with E-state index in [1.807, 2.05) is 0 Å². The van der Waals surface area contributed by atoms with Crippen molar-refractivity contribution in [3.8, 4) is 11.4 Å². The average Bonchev–Trinajstić information content (AvgIpc) is 3.40. The zero-order valence-electron chi connectivity index (χ0n) is 21.1. The molecule has 0 atom stereocenters. The molecule has 0 radical (unpaired) electrons. The highest BCUT2D eigenvalue weighted by molar-refractivity contribution is 6.30. The lowest BCUT2D eigenvalue weighted by Crippen LogP contribution is -2.26. The summed E-state index contributed by atoms with van der Waals surface area (Å²) in [5.74, 6) is 1.66. The maximum absolute atomic E-state index is 6.85. The van der Waals surface area contributed by atoms with Crippen LogP contribution in [-0.4, -0.2) is 21.0 Å². The van der Waals surface area contributed by atoms with Crippen molar-refractivity contribution in [2.45, 2.75) is 73.0 Å². The number of fused-ring (bicyclic) bond motifs is 1. The van der Waals surface area contributed by atoms with E-state index in [9.17, 15) is 0 Å². The molecule has 1 aromatic heterocycles. The molecule has 0 bridgehead atoms. The van der Waals surface area contributed by atoms with Crippen molar-refractivity contribution in [2.75, 3.05) is 6.54 Å². The number of nitrogens with zero attached hydrogens (tertiary/aromatic N) is 3. The summed E-state index contributed by atoms with van der Waals surface area (Å²) in [4.78, 5) is 7.44. The molecule has 0 amide bonds. The predicted molar refractivity (Wildman–Crippen MR) is 145 cm³/mol. The van der Waals surface area contributed by atoms with Crippen LogP contribution in [-0.2, 0) is 26.1 Å². The molecule has 180 valence electrons. The number of benzene rings is 2. The fourth-order valence-corrected chi connectivity index (χ4v) is 4.96. The highest BCUT2D eigenvalue weighted by atomic mass is 35.5. The molecule has 1 aliphatic carbocycles. The molecule has 4 rings (SSSR count). The van der Waals surface area contributed by atoms with Crippen LogP contribution in [0.25, 0.3) is 17.5 Å². The Balaban J connectivity index is 1.65. The summed E-state index contributed by atoms with van der Waals surface area (Å²) in [5.41, 5.74) is 7.71. The summed E-state index contributed by atoms with van der Waals surface area (Å²) in [5, 5.41) is 0.640. The molecule has 3 aromatic rings. The minimum Gasteiger partial charge on any atom is -0.325 e. The molecule has 0 aliphatic heterocycles. The molecule has 0 unspecified atom stereocenters. The number of halogens is 1. The van der Waals surface area contributed by atoms with Crippen LogP contribution in [0.1, 0.15) is 68.0 Å². The Hall–Kier alpha value is -2.36. The monoisotopic (exact) mass is 475 g/mol. The van der Waals surface area contributed by atoms with E-state index < -0.39 is 0 Å². The van der Waals surface area contributed by atoms with Crippen molar-refractivity contribution in [1.82, 2.24) is 14.5 Å². The highest BCUT2D eigenvalue weighted by Gasteiger charge is 2.21. The fourth-order valence-electron chi connectivity index (χ4n) is 4.72. The maximum atomic E-state index is 6.85. The van der Waals surface area contributed by atoms with E-state index in [1.54, 1.807) is 0 Å². The molecule has 4 heteroatoms. The quantitative estimate of drug-likeness (QED) is 0.280. The van der Waals surface area contributed by atoms with Gasteiger partial charge >= 0.3 is 0 Å². The van der Waals surface area contributed by atoms with Crippen LogP contribution in [0.5, 0.6) is 0 Å². The number of allylic oxidation sites excluding steroid dienone is 1. The van der Waals surface area contributed by atoms with E-state index >= 15 is 0 Å². The number of hydrogen-bond donors (Lipinski definition) is 0. The SMILES string of the molecule is CCCCn1c(-c2ccccc2C)nc(Cl)c1CN(CCC(C)C)Cc1ccc2c(c1)C=CC2. The van der Waals surface area contributed by atoms with Gasteiger partial charge in [-0.15, -0.1) is 0 Å². The van der Waals surface area contributed by atoms with Crippen LogP contribution in [0.2, 0.25) is 5.15 Å². The smallest absolute Gasteiger partial charge is 0.152 e. The second-order valence-electron chi connectivity index (χ2n) is 10.0. The van der Waals surface area contributed by atoms with Crippen LogP contribution in [0.15, 0.2) is 48.5 Å². The highest BCUT2D eigenvalue weighted by Crippen LogP contribution is 2.30. The zero-order valence-corrected chi connectivity index (χ0v) is 21.9. The first kappa shape index (κ1) is 24.8. The normalized spacial score (nSPS) is 12.8. The number of hydrogen-bond acceptors (Lipinski definition) is 2. The largest absolute Gasteiger partial charge is 0.325 e. The van der Waals surface area contributed by atoms with Gasteiger partial charge in [0.05, 0.1) is 5.69 Å². The lowest BCUT2D eigenvalue weighted by atomic mass is 10.1. The predicted octanol–water partition coefficient (Wildman–Crippen LogP) is 7.93. The molecule has 34 heavy (non-hydrogen) atoms. The van der Waals surface area contributed by atoms with Crippen molar-refractivity contribution in [2.24, 2.45) is 5.92 Å². The Morgan fingerprint density at radius 1 is 1.12 bits per heavy atom. The summed E-state index contributed by atoms with van der Waals surface area (Å²) in [6, 6.07) is 15.4. The minimum atomic E-state index is 0.640. The summed E-state index contributed by atoms with van der Waals surface area (Å²) < 4.78 is 2.38. The molecular weight excluding hydrogens is 438 g/mol. The molecular formula is C30H38ClN3. The summed E-state index contributed by atoms with van der Waals surface area (Å²) in [6.45, 7) is 12.7. The average molecular weight is 476 g/mol. The number of unbranched alkanes of at least 4 members (excludes halogenated alkanes) is 1. The molecule has 3 nitrogen and oxygen atoms in total. The van der Waals surface area contributed by atoms with Crippen LogP contribution in [0.4, 0.5) is 0 Å². The second-order valence-corrected chi connectivity index (χ2v) is 10.4. The lowest BCUT2D eigenvalue weighted by molar-refractivity contribution is 0.235. The van der Waals surface area contributed by atoms with Crippen molar-refractivity contribution in [3.05, 3.63) is 81.6 Å². The minimum absolute atomic E-state index is 0.640. The van der Waals surface area contributed by atoms with Gasteiger partial charge in [0.2, 0.25) is 0 Å². The zero-order chi connectivity index (χ0) is 24.1. The second kappa shape index (κ2) is 11.4. The number of aryl methyl sites for hydroxylation is 1. The Morgan fingerprint density at radius 2 is 1.94 bits per heavy atom. The van der Waals surface area contributed by atoms with Crippen molar-refractivity contribution < 1.29 is 0 Å². The van der Waals surface area contributed by atoms with E-state index in [1.165, 1.54) is 27.8 Å². The van der Waals surface area contributed by atoms with Gasteiger partial charge in [0.25, 0.3) is 0 Å². The number of aromatic nitrogens is 2. The van der Waals surface area contributed by atoms with Crippen LogP contribution >= 0.6 is 11.6 Å². The van der Waals surface area contributed by atoms with Crippen molar-refractivity contribution in [1.29, 1.82) is 0 Å². The first-order valence-electron chi connectivity index (χ1n) is 12.8. The third kappa shape index (κ3) is 5.82. The standard InChI is InChI=1S/C30H38ClN3/c1-5-6-17-34-28(29(31)32-30(34)27-13-8-7-10-23(27)4)21-33(18-16-22(2)3)20-24-14-15-25-11-9-12-26(25)19-24/h7-10,12-15,19,22H,5-6,11,16-18,20-21H2,1-4H3. The Labute approximate surface area is 210 Å². The van der Waals surface area contributed by atoms with E-state index in [2.05, 4.69) is 91.8 Å². The fraction of sp³-hybridized carbons (Fsp3) is 0.433. The van der Waals surface area contributed by atoms with Crippen LogP contribution in [0, 0.1) is 12.8 Å². The summed E-state index contributed by atoms with van der Waals surface area (Å²) in [7, 11) is 0. The van der Waals surface area contributed by atoms with Gasteiger partial charge in [0.15, 0.2) is 5.15 Å². The van der Waals surface area contributed by atoms with Crippen LogP contribution in [0.3, 0.4) is 0 Å². The van der Waals surface area contributed by atoms with E-state index in [0.717, 1.165) is 63.4 Å². The first-order valence-corrected chi connectivity index (χ1v) is 13.2. The van der Waals surface area contributed by atoms with E-state index in [-0.39, 0.29) is 0 Å². The third-order valence-corrected chi connectivity index (χ3v) is 7.10. The van der Waals surface area contributed by atoms with Gasteiger partial charge < -0.3 is 4.57 Å². The molecule has 0 fully saturated rings. The molecule has 0 spiro atoms. The van der Waals surface area contributed by atoms with Gasteiger partial charge in [-0.25, -0.2) is 4.98 Å². The molecule has 0 N–H and O–H groups in total. The summed E-state index contributed by atoms with van der Waals surface area (Å²) in [6.07, 6.45) is 8.98. The third-order valence-electron chi connectivity index (χ3n) is 6.79. The topological polar surface area (TPSA) is 21.1 Å². The van der Waals surface area contributed by atoms with E-state index in [0.29, 0.717) is 11.1 Å². The molecule has 1 heterocycles. The van der Waals surface area contributed by atoms with Gasteiger partial charge in [-0.1, -0.05) is 93.4 Å². The Kier molecular flexibility index (Phi) is 8.28. The molecule has 1 aliphatic rings. The molecule has 0 saturated carbocycles.